The molecule has 0 fully saturated rings. The Kier molecular flexibility index (Phi) is 8.81. The van der Waals surface area contributed by atoms with Crippen molar-refractivity contribution in [2.75, 3.05) is 9.80 Å². The Morgan fingerprint density at radius 3 is 1.46 bits per heavy atom. The molecule has 1 spiro atoms. The predicted molar refractivity (Wildman–Crippen MR) is 288 cm³/mol. The fourth-order valence-corrected chi connectivity index (χ4v) is 12.3. The van der Waals surface area contributed by atoms with Gasteiger partial charge >= 0.3 is 0 Å². The van der Waals surface area contributed by atoms with Crippen LogP contribution in [-0.4, -0.2) is 0 Å². The summed E-state index contributed by atoms with van der Waals surface area (Å²) in [6, 6.07) is 95.0. The summed E-state index contributed by atoms with van der Waals surface area (Å²) in [6.45, 7) is 2.35. The summed E-state index contributed by atoms with van der Waals surface area (Å²) < 4.78 is 0. The van der Waals surface area contributed by atoms with E-state index < -0.39 is 5.41 Å². The van der Waals surface area contributed by atoms with Crippen LogP contribution in [0.15, 0.2) is 255 Å². The number of hydrogen-bond acceptors (Lipinski definition) is 2. The standard InChI is InChI=1S/C67H46N2/c1-44-53-27-13-14-28-54(53)55-37-35-51(40-59(44)55)68(48-21-5-2-6-22-48)52-36-38-58-56-29-15-17-31-62(56)67(64(58)41-52)63-32-18-16-30-57(63)61-42-60(47-34-33-45-19-11-12-20-46(45)39-47)66(43-65(61)67)69(49-23-7-3-8-24-49)50-25-9-4-10-26-50/h2-44H,1H3. The van der Waals surface area contributed by atoms with E-state index in [-0.39, 0.29) is 0 Å². The molecule has 11 aromatic rings. The first-order valence-corrected chi connectivity index (χ1v) is 24.2. The molecular formula is C67H46N2. The molecule has 3 aliphatic rings. The van der Waals surface area contributed by atoms with Gasteiger partial charge < -0.3 is 9.80 Å². The summed E-state index contributed by atoms with van der Waals surface area (Å²) in [5.74, 6) is 0.304. The molecule has 2 nitrogen and oxygen atoms in total. The molecule has 2 heteroatoms. The molecule has 3 aliphatic carbocycles. The van der Waals surface area contributed by atoms with Crippen LogP contribution in [0.5, 0.6) is 0 Å². The first-order chi connectivity index (χ1) is 34.1. The maximum atomic E-state index is 2.55. The van der Waals surface area contributed by atoms with Crippen molar-refractivity contribution in [2.45, 2.75) is 18.3 Å². The van der Waals surface area contributed by atoms with Crippen LogP contribution >= 0.6 is 0 Å². The van der Waals surface area contributed by atoms with Crippen molar-refractivity contribution in [1.82, 2.24) is 0 Å². The van der Waals surface area contributed by atoms with Crippen LogP contribution in [0.3, 0.4) is 0 Å². The maximum Gasteiger partial charge on any atom is 0.0727 e. The Balaban J connectivity index is 1.05. The van der Waals surface area contributed by atoms with Gasteiger partial charge in [0.1, 0.15) is 0 Å². The number of anilines is 6. The Bertz CT molecular complexity index is 3780. The van der Waals surface area contributed by atoms with Gasteiger partial charge in [-0.15, -0.1) is 0 Å². The molecule has 2 atom stereocenters. The molecule has 0 amide bonds. The molecule has 0 aliphatic heterocycles. The van der Waals surface area contributed by atoms with Crippen molar-refractivity contribution in [3.63, 3.8) is 0 Å². The van der Waals surface area contributed by atoms with Crippen LogP contribution in [0, 0.1) is 0 Å². The average Bonchev–Trinajstić information content (AvgIpc) is 3.99. The molecule has 11 aromatic carbocycles. The number of hydrogen-bond donors (Lipinski definition) is 0. The molecule has 69 heavy (non-hydrogen) atoms. The second-order valence-electron chi connectivity index (χ2n) is 18.8. The number of nitrogens with zero attached hydrogens (tertiary/aromatic N) is 2. The Labute approximate surface area is 403 Å². The van der Waals surface area contributed by atoms with Crippen LogP contribution < -0.4 is 9.80 Å². The highest BCUT2D eigenvalue weighted by Crippen LogP contribution is 2.65. The largest absolute Gasteiger partial charge is 0.310 e. The molecule has 0 heterocycles. The van der Waals surface area contributed by atoms with Gasteiger partial charge in [-0.1, -0.05) is 183 Å². The quantitative estimate of drug-likeness (QED) is 0.157. The van der Waals surface area contributed by atoms with Gasteiger partial charge in [0.2, 0.25) is 0 Å². The third kappa shape index (κ3) is 5.85. The zero-order valence-corrected chi connectivity index (χ0v) is 38.2. The molecule has 0 N–H and O–H groups in total. The molecule has 2 unspecified atom stereocenters. The zero-order valence-electron chi connectivity index (χ0n) is 38.2. The van der Waals surface area contributed by atoms with E-state index in [1.165, 1.54) is 88.7 Å². The SMILES string of the molecule is CC1c2ccccc2-c2ccc(N(c3ccccc3)c3ccc4c(c3)C3(c5ccccc5-4)c4ccccc4-c4cc(-c5ccc6ccccc6c5)c(N(c5ccccc5)c5ccccc5)cc43)cc21. The summed E-state index contributed by atoms with van der Waals surface area (Å²) in [5, 5.41) is 2.45. The third-order valence-electron chi connectivity index (χ3n) is 15.3. The van der Waals surface area contributed by atoms with Crippen LogP contribution in [0.2, 0.25) is 0 Å². The van der Waals surface area contributed by atoms with Gasteiger partial charge in [0.15, 0.2) is 0 Å². The van der Waals surface area contributed by atoms with Crippen LogP contribution in [0.1, 0.15) is 46.2 Å². The highest BCUT2D eigenvalue weighted by molar-refractivity contribution is 6.02. The first-order valence-electron chi connectivity index (χ1n) is 24.2. The minimum atomic E-state index is -0.611. The normalized spacial score (nSPS) is 15.5. The number of benzene rings is 11. The smallest absolute Gasteiger partial charge is 0.0727 e. The average molecular weight is 879 g/mol. The van der Waals surface area contributed by atoms with E-state index in [4.69, 9.17) is 0 Å². The fraction of sp³-hybridized carbons (Fsp3) is 0.0448. The van der Waals surface area contributed by atoms with Crippen molar-refractivity contribution >= 4 is 44.9 Å². The van der Waals surface area contributed by atoms with Crippen LogP contribution in [0.25, 0.3) is 55.3 Å². The summed E-state index contributed by atoms with van der Waals surface area (Å²) in [5.41, 5.74) is 24.2. The molecule has 0 aromatic heterocycles. The zero-order chi connectivity index (χ0) is 45.6. The lowest BCUT2D eigenvalue weighted by molar-refractivity contribution is 0.793. The number of para-hydroxylation sites is 3. The van der Waals surface area contributed by atoms with Crippen molar-refractivity contribution in [2.24, 2.45) is 0 Å². The lowest BCUT2D eigenvalue weighted by Gasteiger charge is -2.34. The highest BCUT2D eigenvalue weighted by Gasteiger charge is 2.52. The van der Waals surface area contributed by atoms with Crippen molar-refractivity contribution in [1.29, 1.82) is 0 Å². The fourth-order valence-electron chi connectivity index (χ4n) is 12.3. The molecule has 0 saturated heterocycles. The van der Waals surface area contributed by atoms with E-state index in [2.05, 4.69) is 272 Å². The minimum absolute atomic E-state index is 0.304. The van der Waals surface area contributed by atoms with E-state index >= 15 is 0 Å². The topological polar surface area (TPSA) is 6.48 Å². The lowest BCUT2D eigenvalue weighted by atomic mass is 9.70. The van der Waals surface area contributed by atoms with Gasteiger partial charge in [0.25, 0.3) is 0 Å². The van der Waals surface area contributed by atoms with Gasteiger partial charge in [-0.05, 0) is 162 Å². The Morgan fingerprint density at radius 1 is 0.290 bits per heavy atom. The summed E-state index contributed by atoms with van der Waals surface area (Å²) in [4.78, 5) is 4.93. The summed E-state index contributed by atoms with van der Waals surface area (Å²) in [7, 11) is 0. The monoisotopic (exact) mass is 878 g/mol. The van der Waals surface area contributed by atoms with Gasteiger partial charge in [0.05, 0.1) is 11.1 Å². The minimum Gasteiger partial charge on any atom is -0.310 e. The van der Waals surface area contributed by atoms with E-state index in [0.717, 1.165) is 34.1 Å². The molecule has 324 valence electrons. The maximum absolute atomic E-state index is 2.55. The van der Waals surface area contributed by atoms with E-state index in [0.29, 0.717) is 5.92 Å². The molecular weight excluding hydrogens is 833 g/mol. The highest BCUT2D eigenvalue weighted by atomic mass is 15.1. The predicted octanol–water partition coefficient (Wildman–Crippen LogP) is 17.9. The molecule has 0 saturated carbocycles. The first kappa shape index (κ1) is 39.4. The molecule has 0 bridgehead atoms. The van der Waals surface area contributed by atoms with Crippen molar-refractivity contribution in [3.8, 4) is 44.5 Å². The van der Waals surface area contributed by atoms with Crippen molar-refractivity contribution in [3.05, 3.63) is 288 Å². The van der Waals surface area contributed by atoms with Crippen molar-refractivity contribution < 1.29 is 0 Å². The second-order valence-corrected chi connectivity index (χ2v) is 18.8. The Hall–Kier alpha value is -8.72. The van der Waals surface area contributed by atoms with Gasteiger partial charge in [-0.3, -0.25) is 0 Å². The van der Waals surface area contributed by atoms with Gasteiger partial charge in [-0.2, -0.15) is 0 Å². The molecule has 14 rings (SSSR count). The van der Waals surface area contributed by atoms with Crippen LogP contribution in [-0.2, 0) is 5.41 Å². The van der Waals surface area contributed by atoms with E-state index in [1.54, 1.807) is 0 Å². The molecule has 0 radical (unpaired) electrons. The number of fused-ring (bicyclic) bond motifs is 14. The third-order valence-corrected chi connectivity index (χ3v) is 15.3. The number of rotatable bonds is 7. The lowest BCUT2D eigenvalue weighted by Crippen LogP contribution is -2.26. The summed E-state index contributed by atoms with van der Waals surface area (Å²) >= 11 is 0. The summed E-state index contributed by atoms with van der Waals surface area (Å²) in [6.07, 6.45) is 0. The van der Waals surface area contributed by atoms with E-state index in [1.807, 2.05) is 0 Å². The van der Waals surface area contributed by atoms with E-state index in [9.17, 15) is 0 Å². The second kappa shape index (κ2) is 15.4. The van der Waals surface area contributed by atoms with Gasteiger partial charge in [0, 0.05) is 39.9 Å². The van der Waals surface area contributed by atoms with Gasteiger partial charge in [-0.25, -0.2) is 0 Å². The van der Waals surface area contributed by atoms with Crippen LogP contribution in [0.4, 0.5) is 34.1 Å². The Morgan fingerprint density at radius 2 is 0.783 bits per heavy atom.